The molecule has 0 bridgehead atoms. The van der Waals surface area contributed by atoms with Crippen LogP contribution in [0.2, 0.25) is 0 Å². The predicted molar refractivity (Wildman–Crippen MR) is 67.3 cm³/mol. The molecule has 0 aliphatic carbocycles. The Bertz CT molecular complexity index is 473. The first-order chi connectivity index (χ1) is 7.76. The van der Waals surface area contributed by atoms with E-state index in [1.807, 2.05) is 6.07 Å². The Hall–Kier alpha value is -1.28. The third kappa shape index (κ3) is 1.98. The van der Waals surface area contributed by atoms with Crippen molar-refractivity contribution in [2.45, 2.75) is 33.4 Å². The average Bonchev–Trinajstić information content (AvgIpc) is 2.68. The number of aliphatic hydroxyl groups excluding tert-OH is 1. The van der Waals surface area contributed by atoms with E-state index in [1.165, 1.54) is 17.3 Å². The summed E-state index contributed by atoms with van der Waals surface area (Å²) in [5, 5.41) is 10.5. The molecule has 0 fully saturated rings. The second-order valence-electron chi connectivity index (χ2n) is 4.50. The highest BCUT2D eigenvalue weighted by Crippen LogP contribution is 2.22. The van der Waals surface area contributed by atoms with Crippen LogP contribution in [0.3, 0.4) is 0 Å². The fraction of sp³-hybridized carbons (Fsp3) is 0.429. The molecular formula is C14H19NO. The topological polar surface area (TPSA) is 25.2 Å². The standard InChI is InChI=1S/C14H19NO/c1-3-11(2)8-15-9-12(10-16)13-6-4-5-7-14(13)15/h4-7,9,11,16H,3,8,10H2,1-2H3. The van der Waals surface area contributed by atoms with Gasteiger partial charge in [-0.25, -0.2) is 0 Å². The Balaban J connectivity index is 2.45. The molecule has 1 heterocycles. The van der Waals surface area contributed by atoms with Gasteiger partial charge in [-0.2, -0.15) is 0 Å². The van der Waals surface area contributed by atoms with Gasteiger partial charge in [-0.3, -0.25) is 0 Å². The maximum atomic E-state index is 9.33. The first kappa shape index (κ1) is 11.2. The fourth-order valence-corrected chi connectivity index (χ4v) is 2.06. The molecule has 0 spiro atoms. The quantitative estimate of drug-likeness (QED) is 0.836. The molecule has 86 valence electrons. The van der Waals surface area contributed by atoms with Gasteiger partial charge in [-0.15, -0.1) is 0 Å². The monoisotopic (exact) mass is 217 g/mol. The van der Waals surface area contributed by atoms with Crippen molar-refractivity contribution in [1.82, 2.24) is 4.57 Å². The number of benzene rings is 1. The van der Waals surface area contributed by atoms with Gasteiger partial charge in [0.1, 0.15) is 0 Å². The molecule has 2 heteroatoms. The van der Waals surface area contributed by atoms with E-state index in [2.05, 4.69) is 42.8 Å². The molecule has 1 unspecified atom stereocenters. The average molecular weight is 217 g/mol. The summed E-state index contributed by atoms with van der Waals surface area (Å²) < 4.78 is 2.26. The Kier molecular flexibility index (Phi) is 3.30. The number of hydrogen-bond acceptors (Lipinski definition) is 1. The highest BCUT2D eigenvalue weighted by atomic mass is 16.3. The summed E-state index contributed by atoms with van der Waals surface area (Å²) in [6.45, 7) is 5.61. The summed E-state index contributed by atoms with van der Waals surface area (Å²) >= 11 is 0. The van der Waals surface area contributed by atoms with E-state index >= 15 is 0 Å². The number of fused-ring (bicyclic) bond motifs is 1. The second kappa shape index (κ2) is 4.71. The van der Waals surface area contributed by atoms with E-state index in [4.69, 9.17) is 0 Å². The van der Waals surface area contributed by atoms with Crippen molar-refractivity contribution in [3.8, 4) is 0 Å². The molecule has 2 nitrogen and oxygen atoms in total. The van der Waals surface area contributed by atoms with Gasteiger partial charge in [0, 0.05) is 29.2 Å². The lowest BCUT2D eigenvalue weighted by atomic mass is 10.1. The fourth-order valence-electron chi connectivity index (χ4n) is 2.06. The van der Waals surface area contributed by atoms with Crippen molar-refractivity contribution in [1.29, 1.82) is 0 Å². The summed E-state index contributed by atoms with van der Waals surface area (Å²) in [4.78, 5) is 0. The highest BCUT2D eigenvalue weighted by molar-refractivity contribution is 5.83. The summed E-state index contributed by atoms with van der Waals surface area (Å²) in [7, 11) is 0. The van der Waals surface area contributed by atoms with Crippen LogP contribution in [0.5, 0.6) is 0 Å². The van der Waals surface area contributed by atoms with Crippen LogP contribution in [0.25, 0.3) is 10.9 Å². The zero-order valence-corrected chi connectivity index (χ0v) is 9.98. The van der Waals surface area contributed by atoms with Crippen LogP contribution in [0.4, 0.5) is 0 Å². The van der Waals surface area contributed by atoms with Crippen LogP contribution in [0.15, 0.2) is 30.5 Å². The predicted octanol–water partition coefficient (Wildman–Crippen LogP) is 3.18. The van der Waals surface area contributed by atoms with Crippen molar-refractivity contribution in [3.63, 3.8) is 0 Å². The number of hydrogen-bond donors (Lipinski definition) is 1. The molecule has 1 aromatic heterocycles. The van der Waals surface area contributed by atoms with Crippen LogP contribution < -0.4 is 0 Å². The van der Waals surface area contributed by atoms with Gasteiger partial charge in [-0.05, 0) is 12.0 Å². The van der Waals surface area contributed by atoms with E-state index in [1.54, 1.807) is 0 Å². The minimum atomic E-state index is 0.119. The SMILES string of the molecule is CCC(C)Cn1cc(CO)c2ccccc21. The van der Waals surface area contributed by atoms with Gasteiger partial charge in [0.15, 0.2) is 0 Å². The molecule has 0 amide bonds. The zero-order chi connectivity index (χ0) is 11.5. The van der Waals surface area contributed by atoms with E-state index in [9.17, 15) is 5.11 Å². The summed E-state index contributed by atoms with van der Waals surface area (Å²) in [5.74, 6) is 0.669. The van der Waals surface area contributed by atoms with Gasteiger partial charge in [0.25, 0.3) is 0 Å². The molecule has 0 aliphatic heterocycles. The van der Waals surface area contributed by atoms with Crippen molar-refractivity contribution < 1.29 is 5.11 Å². The summed E-state index contributed by atoms with van der Waals surface area (Å²) in [6.07, 6.45) is 3.26. The molecule has 0 radical (unpaired) electrons. The lowest BCUT2D eigenvalue weighted by Crippen LogP contribution is -2.05. The molecule has 1 aromatic carbocycles. The summed E-state index contributed by atoms with van der Waals surface area (Å²) in [5.41, 5.74) is 2.26. The van der Waals surface area contributed by atoms with Crippen molar-refractivity contribution in [3.05, 3.63) is 36.0 Å². The van der Waals surface area contributed by atoms with E-state index < -0.39 is 0 Å². The maximum absolute atomic E-state index is 9.33. The van der Waals surface area contributed by atoms with Crippen LogP contribution in [-0.2, 0) is 13.2 Å². The van der Waals surface area contributed by atoms with Crippen molar-refractivity contribution in [2.75, 3.05) is 0 Å². The third-order valence-corrected chi connectivity index (χ3v) is 3.25. The lowest BCUT2D eigenvalue weighted by molar-refractivity contribution is 0.283. The molecule has 0 aliphatic rings. The minimum absolute atomic E-state index is 0.119. The first-order valence-electron chi connectivity index (χ1n) is 5.93. The van der Waals surface area contributed by atoms with Gasteiger partial charge in [0.05, 0.1) is 6.61 Å². The van der Waals surface area contributed by atoms with Gasteiger partial charge < -0.3 is 9.67 Å². The van der Waals surface area contributed by atoms with Crippen molar-refractivity contribution >= 4 is 10.9 Å². The number of nitrogens with zero attached hydrogens (tertiary/aromatic N) is 1. The first-order valence-corrected chi connectivity index (χ1v) is 5.93. The molecule has 16 heavy (non-hydrogen) atoms. The molecule has 0 saturated heterocycles. The Morgan fingerprint density at radius 2 is 2.06 bits per heavy atom. The largest absolute Gasteiger partial charge is 0.392 e. The lowest BCUT2D eigenvalue weighted by Gasteiger charge is -2.10. The van der Waals surface area contributed by atoms with E-state index in [0.717, 1.165) is 12.1 Å². The van der Waals surface area contributed by atoms with Crippen LogP contribution in [0.1, 0.15) is 25.8 Å². The Labute approximate surface area is 96.5 Å². The van der Waals surface area contributed by atoms with Crippen LogP contribution >= 0.6 is 0 Å². The third-order valence-electron chi connectivity index (χ3n) is 3.25. The molecular weight excluding hydrogens is 198 g/mol. The number of para-hydroxylation sites is 1. The smallest absolute Gasteiger partial charge is 0.0702 e. The molecule has 2 aromatic rings. The second-order valence-corrected chi connectivity index (χ2v) is 4.50. The Morgan fingerprint density at radius 3 is 2.75 bits per heavy atom. The van der Waals surface area contributed by atoms with Crippen LogP contribution in [0, 0.1) is 5.92 Å². The molecule has 2 rings (SSSR count). The molecule has 1 atom stereocenters. The summed E-state index contributed by atoms with van der Waals surface area (Å²) in [6, 6.07) is 8.27. The highest BCUT2D eigenvalue weighted by Gasteiger charge is 2.08. The molecule has 0 saturated carbocycles. The maximum Gasteiger partial charge on any atom is 0.0702 e. The van der Waals surface area contributed by atoms with E-state index in [-0.39, 0.29) is 6.61 Å². The Morgan fingerprint density at radius 1 is 1.31 bits per heavy atom. The van der Waals surface area contributed by atoms with Gasteiger partial charge in [0.2, 0.25) is 0 Å². The number of aromatic nitrogens is 1. The number of aliphatic hydroxyl groups is 1. The molecule has 1 N–H and O–H groups in total. The normalized spacial score (nSPS) is 13.2. The van der Waals surface area contributed by atoms with Crippen molar-refractivity contribution in [2.24, 2.45) is 5.92 Å². The van der Waals surface area contributed by atoms with Gasteiger partial charge >= 0.3 is 0 Å². The van der Waals surface area contributed by atoms with Gasteiger partial charge in [-0.1, -0.05) is 38.5 Å². The zero-order valence-electron chi connectivity index (χ0n) is 9.98. The van der Waals surface area contributed by atoms with Crippen LogP contribution in [-0.4, -0.2) is 9.67 Å². The van der Waals surface area contributed by atoms with E-state index in [0.29, 0.717) is 5.92 Å². The number of rotatable bonds is 4. The minimum Gasteiger partial charge on any atom is -0.392 e.